The Balaban J connectivity index is 2.25. The lowest BCUT2D eigenvalue weighted by Crippen LogP contribution is -2.24. The molecule has 2 aliphatic rings. The van der Waals surface area contributed by atoms with Crippen molar-refractivity contribution in [1.82, 2.24) is 5.32 Å². The number of carbonyl (C=O) groups excluding carboxylic acids is 1. The molecular weight excluding hydrogens is 554 g/mol. The van der Waals surface area contributed by atoms with Gasteiger partial charge in [0.15, 0.2) is 21.1 Å². The minimum Gasteiger partial charge on any atom is -0.478 e. The Hall–Kier alpha value is -4.31. The van der Waals surface area contributed by atoms with E-state index < -0.39 is 69.9 Å². The third-order valence-corrected chi connectivity index (χ3v) is 7.69. The first-order valence-electron chi connectivity index (χ1n) is 11.1. The second-order valence-electron chi connectivity index (χ2n) is 8.43. The van der Waals surface area contributed by atoms with Gasteiger partial charge in [-0.25, -0.2) is 4.79 Å². The fourth-order valence-electron chi connectivity index (χ4n) is 4.22. The first-order valence-corrected chi connectivity index (χ1v) is 14.0. The molecule has 1 amide bonds. The van der Waals surface area contributed by atoms with Gasteiger partial charge in [0, 0.05) is 28.6 Å². The van der Waals surface area contributed by atoms with E-state index in [-0.39, 0.29) is 27.6 Å². The number of nitrogen functional groups attached to an aromatic ring is 1. The van der Waals surface area contributed by atoms with Crippen molar-refractivity contribution in [3.63, 3.8) is 0 Å². The first kappa shape index (κ1) is 27.7. The van der Waals surface area contributed by atoms with Crippen molar-refractivity contribution in [2.75, 3.05) is 12.3 Å². The highest BCUT2D eigenvalue weighted by Gasteiger charge is 2.31. The molecule has 0 saturated carbocycles. The molecule has 15 heteroatoms. The summed E-state index contributed by atoms with van der Waals surface area (Å²) in [6.45, 7) is 2.17. The van der Waals surface area contributed by atoms with E-state index in [1.807, 2.05) is 6.92 Å². The van der Waals surface area contributed by atoms with Crippen molar-refractivity contribution in [3.8, 4) is 22.5 Å². The number of hydrogen-bond acceptors (Lipinski definition) is 9. The molecule has 1 aliphatic heterocycles. The molecule has 1 aliphatic carbocycles. The predicted octanol–water partition coefficient (Wildman–Crippen LogP) is 2.60. The molecule has 4 rings (SSSR count). The summed E-state index contributed by atoms with van der Waals surface area (Å²) >= 11 is 0. The monoisotopic (exact) mass is 575 g/mol. The molecule has 2 aromatic rings. The Bertz CT molecular complexity index is 1930. The van der Waals surface area contributed by atoms with Crippen molar-refractivity contribution in [3.05, 3.63) is 58.9 Å². The number of carbonyl (C=O) groups is 2. The average Bonchev–Trinajstić information content (AvgIpc) is 2.83. The number of hydrogen-bond donors (Lipinski definition) is 6. The van der Waals surface area contributed by atoms with E-state index in [2.05, 4.69) is 5.32 Å². The van der Waals surface area contributed by atoms with Crippen LogP contribution in [0.1, 0.15) is 34.1 Å². The normalized spacial score (nSPS) is 12.1. The van der Waals surface area contributed by atoms with E-state index >= 15 is 0 Å². The topological polar surface area (TPSA) is 238 Å². The maximum atomic E-state index is 12.5. The molecule has 0 fully saturated rings. The number of nitrogens with one attached hydrogen (secondary N) is 2. The Morgan fingerprint density at radius 1 is 0.974 bits per heavy atom. The standard InChI is InChI=1S/C24H21N3O10S2/c1-2-9-27-23(28)11-3-4-12(15(10-11)24(29)30)18-13-5-7-16(25)21(38(31,32)33)19(13)37-20-14(18)6-8-17(26)22(20)39(34,35)36/h3-8,10,25H,2,9,26H2,1H3,(H,27,28)(H,29,30)(H,31,32,33)(H,34,35,36). The number of fused-ring (bicyclic) bond motifs is 2. The largest absolute Gasteiger partial charge is 0.478 e. The summed E-state index contributed by atoms with van der Waals surface area (Å²) in [7, 11) is -10.2. The van der Waals surface area contributed by atoms with E-state index in [4.69, 9.17) is 15.6 Å². The molecule has 0 unspecified atom stereocenters. The summed E-state index contributed by atoms with van der Waals surface area (Å²) in [4.78, 5) is 22.9. The number of aromatic carboxylic acids is 1. The zero-order valence-corrected chi connectivity index (χ0v) is 21.7. The van der Waals surface area contributed by atoms with Crippen LogP contribution in [-0.2, 0) is 20.2 Å². The molecule has 204 valence electrons. The third kappa shape index (κ3) is 4.95. The van der Waals surface area contributed by atoms with Crippen LogP contribution in [0.25, 0.3) is 33.4 Å². The summed E-state index contributed by atoms with van der Waals surface area (Å²) in [6, 6.07) is 8.31. The van der Waals surface area contributed by atoms with E-state index in [0.29, 0.717) is 13.0 Å². The van der Waals surface area contributed by atoms with Crippen molar-refractivity contribution in [2.45, 2.75) is 23.1 Å². The molecule has 7 N–H and O–H groups in total. The highest BCUT2D eigenvalue weighted by Crippen LogP contribution is 2.45. The van der Waals surface area contributed by atoms with Gasteiger partial charge < -0.3 is 20.6 Å². The molecule has 13 nitrogen and oxygen atoms in total. The zero-order chi connectivity index (χ0) is 28.9. The van der Waals surface area contributed by atoms with E-state index in [1.165, 1.54) is 24.3 Å². The predicted molar refractivity (Wildman–Crippen MR) is 138 cm³/mol. The second kappa shape index (κ2) is 9.77. The molecular formula is C24H21N3O10S2. The first-order chi connectivity index (χ1) is 18.2. The molecule has 0 bridgehead atoms. The molecule has 0 spiro atoms. The van der Waals surface area contributed by atoms with Gasteiger partial charge in [0.1, 0.15) is 0 Å². The van der Waals surface area contributed by atoms with E-state index in [0.717, 1.165) is 18.2 Å². The fourth-order valence-corrected chi connectivity index (χ4v) is 5.70. The van der Waals surface area contributed by atoms with Gasteiger partial charge in [-0.3, -0.25) is 19.3 Å². The number of carboxylic acids is 1. The Labute approximate surface area is 221 Å². The number of carboxylic acid groups (broad SMARTS) is 1. The van der Waals surface area contributed by atoms with Gasteiger partial charge in [0.05, 0.1) is 16.6 Å². The number of nitrogens with two attached hydrogens (primary N) is 1. The van der Waals surface area contributed by atoms with Gasteiger partial charge in [-0.1, -0.05) is 13.0 Å². The minimum atomic E-state index is -5.13. The quantitative estimate of drug-likeness (QED) is 0.106. The smallest absolute Gasteiger partial charge is 0.336 e. The van der Waals surface area contributed by atoms with Crippen LogP contribution in [-0.4, -0.2) is 49.5 Å². The summed E-state index contributed by atoms with van der Waals surface area (Å²) in [5.41, 5.74) is 3.95. The van der Waals surface area contributed by atoms with Crippen molar-refractivity contribution in [2.24, 2.45) is 0 Å². The van der Waals surface area contributed by atoms with Crippen molar-refractivity contribution in [1.29, 1.82) is 5.41 Å². The molecule has 1 heterocycles. The number of rotatable bonds is 7. The average molecular weight is 576 g/mol. The second-order valence-corrected chi connectivity index (χ2v) is 11.1. The van der Waals surface area contributed by atoms with Gasteiger partial charge in [-0.05, 0) is 48.4 Å². The van der Waals surface area contributed by atoms with Crippen LogP contribution >= 0.6 is 0 Å². The van der Waals surface area contributed by atoms with Crippen LogP contribution in [0.2, 0.25) is 0 Å². The maximum absolute atomic E-state index is 12.5. The molecule has 2 aromatic carbocycles. The third-order valence-electron chi connectivity index (χ3n) is 5.83. The van der Waals surface area contributed by atoms with Crippen LogP contribution in [0, 0.1) is 5.41 Å². The Kier molecular flexibility index (Phi) is 6.95. The Morgan fingerprint density at radius 3 is 2.21 bits per heavy atom. The number of anilines is 1. The number of amides is 1. The van der Waals surface area contributed by atoms with Crippen LogP contribution in [0.4, 0.5) is 5.69 Å². The number of benzene rings is 3. The fraction of sp³-hybridized carbons (Fsp3) is 0.125. The highest BCUT2D eigenvalue weighted by atomic mass is 32.2. The lowest BCUT2D eigenvalue weighted by Gasteiger charge is -2.20. The van der Waals surface area contributed by atoms with Gasteiger partial charge in [-0.2, -0.15) is 16.8 Å². The van der Waals surface area contributed by atoms with Crippen molar-refractivity contribution < 1.29 is 45.1 Å². The van der Waals surface area contributed by atoms with Crippen LogP contribution in [0.3, 0.4) is 0 Å². The van der Waals surface area contributed by atoms with Gasteiger partial charge in [-0.15, -0.1) is 0 Å². The van der Waals surface area contributed by atoms with Gasteiger partial charge >= 0.3 is 5.97 Å². The molecule has 0 radical (unpaired) electrons. The summed E-state index contributed by atoms with van der Waals surface area (Å²) in [5.74, 6) is -2.71. The van der Waals surface area contributed by atoms with Gasteiger partial charge in [0.25, 0.3) is 26.1 Å². The summed E-state index contributed by atoms with van der Waals surface area (Å²) in [6.07, 6.45) is 0.633. The molecule has 39 heavy (non-hydrogen) atoms. The van der Waals surface area contributed by atoms with Crippen LogP contribution in [0.15, 0.2) is 56.7 Å². The summed E-state index contributed by atoms with van der Waals surface area (Å²) in [5, 5.41) is 19.9. The SMILES string of the molecule is CCCNC(=O)c1ccc(-c2c3ccc(=N)c(S(=O)(=O)O)c-3oc3c(S(=O)(=O)O)c(N)ccc23)c(C(=O)O)c1. The molecule has 0 atom stereocenters. The zero-order valence-electron chi connectivity index (χ0n) is 20.0. The van der Waals surface area contributed by atoms with E-state index in [9.17, 15) is 40.6 Å². The summed E-state index contributed by atoms with van der Waals surface area (Å²) < 4.78 is 74.3. The van der Waals surface area contributed by atoms with Crippen LogP contribution < -0.4 is 16.4 Å². The lowest BCUT2D eigenvalue weighted by molar-refractivity contribution is 0.0697. The Morgan fingerprint density at radius 2 is 1.62 bits per heavy atom. The molecule has 0 aromatic heterocycles. The highest BCUT2D eigenvalue weighted by molar-refractivity contribution is 7.86. The van der Waals surface area contributed by atoms with Crippen molar-refractivity contribution >= 4 is 48.8 Å². The van der Waals surface area contributed by atoms with Gasteiger partial charge in [0.2, 0.25) is 0 Å². The molecule has 0 saturated heterocycles. The van der Waals surface area contributed by atoms with Crippen LogP contribution in [0.5, 0.6) is 0 Å². The lowest BCUT2D eigenvalue weighted by atomic mass is 9.89. The van der Waals surface area contributed by atoms with E-state index in [1.54, 1.807) is 0 Å². The minimum absolute atomic E-state index is 0.00812. The maximum Gasteiger partial charge on any atom is 0.336 e.